The molecule has 0 saturated carbocycles. The van der Waals surface area contributed by atoms with Crippen LogP contribution >= 0.6 is 0 Å². The lowest BCUT2D eigenvalue weighted by Crippen LogP contribution is -2.44. The van der Waals surface area contributed by atoms with Crippen LogP contribution in [0.4, 0.5) is 0 Å². The average molecular weight is 229 g/mol. The molecule has 0 aliphatic rings. The third kappa shape index (κ3) is 5.31. The molecule has 0 rings (SSSR count). The van der Waals surface area contributed by atoms with Crippen LogP contribution in [-0.4, -0.2) is 17.3 Å². The second-order valence-electron chi connectivity index (χ2n) is 6.02. The summed E-state index contributed by atoms with van der Waals surface area (Å²) >= 11 is 0. The first-order chi connectivity index (χ1) is 7.35. The minimum absolute atomic E-state index is 0.252. The highest BCUT2D eigenvalue weighted by molar-refractivity contribution is 4.88. The first-order valence-corrected chi connectivity index (χ1v) is 6.78. The van der Waals surface area contributed by atoms with Crippen molar-refractivity contribution < 1.29 is 5.11 Å². The van der Waals surface area contributed by atoms with Crippen LogP contribution in [0.3, 0.4) is 0 Å². The second kappa shape index (κ2) is 7.29. The van der Waals surface area contributed by atoms with Gasteiger partial charge in [0, 0.05) is 0 Å². The Morgan fingerprint density at radius 3 is 1.75 bits per heavy atom. The first-order valence-electron chi connectivity index (χ1n) is 6.78. The van der Waals surface area contributed by atoms with Gasteiger partial charge < -0.3 is 10.8 Å². The molecule has 0 fully saturated rings. The van der Waals surface area contributed by atoms with Crippen LogP contribution in [-0.2, 0) is 0 Å². The van der Waals surface area contributed by atoms with E-state index in [9.17, 15) is 5.11 Å². The topological polar surface area (TPSA) is 46.2 Å². The molecule has 3 N–H and O–H groups in total. The van der Waals surface area contributed by atoms with Crippen LogP contribution in [0, 0.1) is 17.8 Å². The van der Waals surface area contributed by atoms with Gasteiger partial charge in [0.25, 0.3) is 0 Å². The van der Waals surface area contributed by atoms with E-state index in [-0.39, 0.29) is 5.92 Å². The van der Waals surface area contributed by atoms with Gasteiger partial charge in [0.15, 0.2) is 0 Å². The first kappa shape index (κ1) is 15.9. The van der Waals surface area contributed by atoms with Crippen LogP contribution in [0.2, 0.25) is 0 Å². The molecule has 0 aromatic rings. The highest BCUT2D eigenvalue weighted by atomic mass is 16.3. The molecule has 0 amide bonds. The number of hydrogen-bond donors (Lipinski definition) is 2. The molecule has 0 aliphatic carbocycles. The van der Waals surface area contributed by atoms with E-state index in [1.807, 2.05) is 0 Å². The number of rotatable bonds is 8. The van der Waals surface area contributed by atoms with E-state index in [0.717, 1.165) is 25.7 Å². The molecule has 1 atom stereocenters. The molecule has 0 aliphatic heterocycles. The van der Waals surface area contributed by atoms with E-state index in [2.05, 4.69) is 34.6 Å². The van der Waals surface area contributed by atoms with Gasteiger partial charge in [-0.25, -0.2) is 0 Å². The Morgan fingerprint density at radius 2 is 1.50 bits per heavy atom. The van der Waals surface area contributed by atoms with Crippen molar-refractivity contribution in [3.05, 3.63) is 0 Å². The largest absolute Gasteiger partial charge is 0.390 e. The smallest absolute Gasteiger partial charge is 0.0692 e. The molecule has 0 aromatic carbocycles. The fourth-order valence-corrected chi connectivity index (χ4v) is 2.78. The summed E-state index contributed by atoms with van der Waals surface area (Å²) in [6.45, 7) is 11.4. The van der Waals surface area contributed by atoms with Crippen molar-refractivity contribution in [2.75, 3.05) is 6.54 Å². The lowest BCUT2D eigenvalue weighted by atomic mass is 9.74. The Bertz CT molecular complexity index is 168. The third-order valence-corrected chi connectivity index (χ3v) is 3.21. The molecule has 0 saturated heterocycles. The summed E-state index contributed by atoms with van der Waals surface area (Å²) in [4.78, 5) is 0. The normalized spacial score (nSPS) is 14.8. The minimum Gasteiger partial charge on any atom is -0.390 e. The zero-order valence-corrected chi connectivity index (χ0v) is 11.8. The molecular formula is C14H31NO. The molecule has 0 spiro atoms. The molecule has 0 heterocycles. The van der Waals surface area contributed by atoms with Gasteiger partial charge in [0.05, 0.1) is 5.60 Å². The molecule has 0 bridgehead atoms. The summed E-state index contributed by atoms with van der Waals surface area (Å²) in [5.74, 6) is 1.30. The maximum atomic E-state index is 10.9. The van der Waals surface area contributed by atoms with Gasteiger partial charge in [-0.05, 0) is 43.6 Å². The van der Waals surface area contributed by atoms with Gasteiger partial charge in [-0.1, -0.05) is 41.0 Å². The standard InChI is InChI=1S/C14H31NO/c1-6-7-13(10-15)14(16,8-11(2)3)9-12(4)5/h11-13,16H,6-10,15H2,1-5H3. The summed E-state index contributed by atoms with van der Waals surface area (Å²) in [6.07, 6.45) is 3.87. The summed E-state index contributed by atoms with van der Waals surface area (Å²) in [5, 5.41) is 10.9. The number of hydrogen-bond acceptors (Lipinski definition) is 2. The van der Waals surface area contributed by atoms with Crippen molar-refractivity contribution in [2.45, 2.75) is 65.9 Å². The lowest BCUT2D eigenvalue weighted by molar-refractivity contribution is -0.0522. The molecule has 0 radical (unpaired) electrons. The molecule has 1 unspecified atom stereocenters. The highest BCUT2D eigenvalue weighted by Gasteiger charge is 2.36. The van der Waals surface area contributed by atoms with E-state index in [1.165, 1.54) is 0 Å². The Labute approximate surface area is 102 Å². The molecule has 16 heavy (non-hydrogen) atoms. The molecular weight excluding hydrogens is 198 g/mol. The zero-order chi connectivity index (χ0) is 12.8. The second-order valence-corrected chi connectivity index (χ2v) is 6.02. The van der Waals surface area contributed by atoms with Crippen LogP contribution in [0.1, 0.15) is 60.3 Å². The summed E-state index contributed by atoms with van der Waals surface area (Å²) in [7, 11) is 0. The van der Waals surface area contributed by atoms with Gasteiger partial charge in [-0.2, -0.15) is 0 Å². The molecule has 0 aromatic heterocycles. The van der Waals surface area contributed by atoms with Crippen molar-refractivity contribution in [2.24, 2.45) is 23.5 Å². The Kier molecular flexibility index (Phi) is 7.25. The Morgan fingerprint density at radius 1 is 1.06 bits per heavy atom. The highest BCUT2D eigenvalue weighted by Crippen LogP contribution is 2.34. The van der Waals surface area contributed by atoms with Crippen molar-refractivity contribution in [3.8, 4) is 0 Å². The quantitative estimate of drug-likeness (QED) is 0.671. The molecule has 2 heteroatoms. The SMILES string of the molecule is CCCC(CN)C(O)(CC(C)C)CC(C)C. The van der Waals surface area contributed by atoms with Gasteiger partial charge in [-0.3, -0.25) is 0 Å². The fourth-order valence-electron chi connectivity index (χ4n) is 2.78. The van der Waals surface area contributed by atoms with Crippen LogP contribution in [0.15, 0.2) is 0 Å². The monoisotopic (exact) mass is 229 g/mol. The summed E-state index contributed by atoms with van der Waals surface area (Å²) < 4.78 is 0. The third-order valence-electron chi connectivity index (χ3n) is 3.21. The minimum atomic E-state index is -0.562. The lowest BCUT2D eigenvalue weighted by Gasteiger charge is -2.38. The number of nitrogens with two attached hydrogens (primary N) is 1. The van der Waals surface area contributed by atoms with Gasteiger partial charge in [0.1, 0.15) is 0 Å². The van der Waals surface area contributed by atoms with Gasteiger partial charge in [0.2, 0.25) is 0 Å². The van der Waals surface area contributed by atoms with Crippen molar-refractivity contribution in [3.63, 3.8) is 0 Å². The maximum Gasteiger partial charge on any atom is 0.0692 e. The summed E-state index contributed by atoms with van der Waals surface area (Å²) in [5.41, 5.74) is 5.27. The molecule has 2 nitrogen and oxygen atoms in total. The fraction of sp³-hybridized carbons (Fsp3) is 1.00. The summed E-state index contributed by atoms with van der Waals surface area (Å²) in [6, 6.07) is 0. The Hall–Kier alpha value is -0.0800. The van der Waals surface area contributed by atoms with Crippen LogP contribution < -0.4 is 5.73 Å². The molecule has 98 valence electrons. The zero-order valence-electron chi connectivity index (χ0n) is 11.8. The van der Waals surface area contributed by atoms with E-state index in [0.29, 0.717) is 18.4 Å². The average Bonchev–Trinajstić information content (AvgIpc) is 2.10. The van der Waals surface area contributed by atoms with Crippen LogP contribution in [0.25, 0.3) is 0 Å². The van der Waals surface area contributed by atoms with Gasteiger partial charge in [-0.15, -0.1) is 0 Å². The van der Waals surface area contributed by atoms with Gasteiger partial charge >= 0.3 is 0 Å². The maximum absolute atomic E-state index is 10.9. The van der Waals surface area contributed by atoms with Crippen molar-refractivity contribution >= 4 is 0 Å². The van der Waals surface area contributed by atoms with Crippen molar-refractivity contribution in [1.82, 2.24) is 0 Å². The van der Waals surface area contributed by atoms with E-state index >= 15 is 0 Å². The van der Waals surface area contributed by atoms with Crippen LogP contribution in [0.5, 0.6) is 0 Å². The predicted octanol–water partition coefficient (Wildman–Crippen LogP) is 3.18. The van der Waals surface area contributed by atoms with E-state index < -0.39 is 5.60 Å². The van der Waals surface area contributed by atoms with Crippen molar-refractivity contribution in [1.29, 1.82) is 0 Å². The Balaban J connectivity index is 4.71. The predicted molar refractivity (Wildman–Crippen MR) is 71.3 cm³/mol. The van der Waals surface area contributed by atoms with E-state index in [1.54, 1.807) is 0 Å². The van der Waals surface area contributed by atoms with E-state index in [4.69, 9.17) is 5.73 Å². The number of aliphatic hydroxyl groups is 1.